The Morgan fingerprint density at radius 2 is 2.15 bits per heavy atom. The number of hydrogen-bond acceptors (Lipinski definition) is 6. The quantitative estimate of drug-likeness (QED) is 0.714. The minimum Gasteiger partial charge on any atom is -0.497 e. The number of carbonyl (C=O) groups excluding carboxylic acids is 1. The molecule has 2 rings (SSSR count). The highest BCUT2D eigenvalue weighted by Gasteiger charge is 2.42. The minimum absolute atomic E-state index is 0.360. The van der Waals surface area contributed by atoms with Crippen LogP contribution in [0.1, 0.15) is 19.4 Å². The average molecular weight is 410 g/mol. The Labute approximate surface area is 167 Å². The van der Waals surface area contributed by atoms with Gasteiger partial charge in [0.1, 0.15) is 17.8 Å². The number of hydrogen-bond donors (Lipinski definition) is 2. The number of amides is 2. The summed E-state index contributed by atoms with van der Waals surface area (Å²) < 4.78 is 4.44. The van der Waals surface area contributed by atoms with E-state index in [9.17, 15) is 20.0 Å². The Balaban J connectivity index is 2.13. The fraction of sp³-hybridized carbons (Fsp3) is 0.500. The maximum absolute atomic E-state index is 13.0. The van der Waals surface area contributed by atoms with Gasteiger partial charge < -0.3 is 20.1 Å². The fourth-order valence-electron chi connectivity index (χ4n) is 2.66. The third-order valence-corrected chi connectivity index (χ3v) is 6.76. The molecule has 1 aliphatic heterocycles. The van der Waals surface area contributed by atoms with Crippen molar-refractivity contribution >= 4 is 35.5 Å². The molecule has 1 saturated heterocycles. The number of carbonyl (C=O) groups is 2. The number of nitriles is 1. The second-order valence-corrected chi connectivity index (χ2v) is 9.20. The molecule has 2 atom stereocenters. The largest absolute Gasteiger partial charge is 0.497 e. The molecule has 1 aromatic rings. The van der Waals surface area contributed by atoms with Crippen molar-refractivity contribution in [2.45, 2.75) is 36.4 Å². The van der Waals surface area contributed by atoms with E-state index >= 15 is 0 Å². The first-order valence-electron chi connectivity index (χ1n) is 8.32. The van der Waals surface area contributed by atoms with Crippen molar-refractivity contribution in [3.63, 3.8) is 0 Å². The van der Waals surface area contributed by atoms with Crippen LogP contribution in [0.25, 0.3) is 0 Å². The highest BCUT2D eigenvalue weighted by Crippen LogP contribution is 2.34. The van der Waals surface area contributed by atoms with Crippen molar-refractivity contribution in [2.75, 3.05) is 18.7 Å². The number of rotatable bonds is 7. The Morgan fingerprint density at radius 3 is 2.70 bits per heavy atom. The summed E-state index contributed by atoms with van der Waals surface area (Å²) in [7, 11) is 1.60. The molecule has 0 aromatic heterocycles. The lowest BCUT2D eigenvalue weighted by molar-refractivity contribution is -0.133. The van der Waals surface area contributed by atoms with Gasteiger partial charge in [0.15, 0.2) is 0 Å². The summed E-state index contributed by atoms with van der Waals surface area (Å²) in [4.78, 5) is 25.8. The standard InChI is InChI=1S/C18H23N3O4S2/c1-18(2,27-9-12-4-6-14(25-3)7-5-12)15(20-17(23)24)16(22)21-11-26-10-13(21)8-19/h4-7,13,15,20H,9-11H2,1-3H3,(H,23,24)/t13-,15-/m1/s1. The Bertz CT molecular complexity index is 718. The van der Waals surface area contributed by atoms with Crippen LogP contribution in [0, 0.1) is 11.3 Å². The van der Waals surface area contributed by atoms with Crippen LogP contribution >= 0.6 is 23.5 Å². The van der Waals surface area contributed by atoms with Gasteiger partial charge in [-0.3, -0.25) is 4.79 Å². The zero-order chi connectivity index (χ0) is 20.0. The molecule has 1 heterocycles. The summed E-state index contributed by atoms with van der Waals surface area (Å²) in [6.45, 7) is 3.68. The van der Waals surface area contributed by atoms with Gasteiger partial charge in [0.25, 0.3) is 0 Å². The van der Waals surface area contributed by atoms with Gasteiger partial charge in [0.2, 0.25) is 5.91 Å². The second-order valence-electron chi connectivity index (χ2n) is 6.58. The molecule has 1 aromatic carbocycles. The van der Waals surface area contributed by atoms with E-state index in [1.54, 1.807) is 7.11 Å². The predicted molar refractivity (Wildman–Crippen MR) is 107 cm³/mol. The monoisotopic (exact) mass is 409 g/mol. The molecule has 0 bridgehead atoms. The van der Waals surface area contributed by atoms with Crippen molar-refractivity contribution in [2.24, 2.45) is 0 Å². The van der Waals surface area contributed by atoms with Crippen molar-refractivity contribution < 1.29 is 19.4 Å². The molecule has 0 saturated carbocycles. The molecule has 0 unspecified atom stereocenters. The number of carboxylic acid groups (broad SMARTS) is 1. The summed E-state index contributed by atoms with van der Waals surface area (Å²) in [6.07, 6.45) is -1.26. The van der Waals surface area contributed by atoms with Gasteiger partial charge in [-0.1, -0.05) is 12.1 Å². The van der Waals surface area contributed by atoms with Crippen LogP contribution in [0.4, 0.5) is 4.79 Å². The van der Waals surface area contributed by atoms with E-state index in [-0.39, 0.29) is 5.91 Å². The molecule has 0 radical (unpaired) electrons. The van der Waals surface area contributed by atoms with Crippen LogP contribution in [-0.2, 0) is 10.5 Å². The number of thioether (sulfide) groups is 2. The topological polar surface area (TPSA) is 103 Å². The number of benzene rings is 1. The maximum atomic E-state index is 13.0. The van der Waals surface area contributed by atoms with Gasteiger partial charge in [0, 0.05) is 16.3 Å². The third-order valence-electron chi connectivity index (χ3n) is 4.29. The van der Waals surface area contributed by atoms with E-state index in [0.717, 1.165) is 11.3 Å². The van der Waals surface area contributed by atoms with Gasteiger partial charge >= 0.3 is 6.09 Å². The summed E-state index contributed by atoms with van der Waals surface area (Å²) in [5, 5.41) is 20.8. The van der Waals surface area contributed by atoms with Crippen LogP contribution in [0.5, 0.6) is 5.75 Å². The molecule has 7 nitrogen and oxygen atoms in total. The van der Waals surface area contributed by atoms with E-state index in [1.807, 2.05) is 38.1 Å². The van der Waals surface area contributed by atoms with Crippen molar-refractivity contribution in [3.8, 4) is 11.8 Å². The van der Waals surface area contributed by atoms with E-state index in [2.05, 4.69) is 11.4 Å². The number of nitrogens with one attached hydrogen (secondary N) is 1. The molecule has 0 aliphatic carbocycles. The third kappa shape index (κ3) is 5.47. The van der Waals surface area contributed by atoms with Crippen LogP contribution in [0.2, 0.25) is 0 Å². The summed E-state index contributed by atoms with van der Waals surface area (Å²) in [6, 6.07) is 8.23. The van der Waals surface area contributed by atoms with Gasteiger partial charge in [0.05, 0.1) is 19.1 Å². The molecule has 2 N–H and O–H groups in total. The maximum Gasteiger partial charge on any atom is 0.405 e. The lowest BCUT2D eigenvalue weighted by atomic mass is 10.0. The second kappa shape index (κ2) is 9.24. The van der Waals surface area contributed by atoms with Crippen LogP contribution in [-0.4, -0.2) is 57.6 Å². The first-order chi connectivity index (χ1) is 12.8. The highest BCUT2D eigenvalue weighted by atomic mass is 32.2. The first-order valence-corrected chi connectivity index (χ1v) is 10.5. The Kier molecular flexibility index (Phi) is 7.27. The van der Waals surface area contributed by atoms with E-state index in [1.165, 1.54) is 28.4 Å². The number of nitrogens with zero attached hydrogens (tertiary/aromatic N) is 2. The number of ether oxygens (including phenoxy) is 1. The first kappa shape index (κ1) is 21.3. The molecule has 146 valence electrons. The zero-order valence-electron chi connectivity index (χ0n) is 15.5. The van der Waals surface area contributed by atoms with Gasteiger partial charge in [-0.15, -0.1) is 23.5 Å². The predicted octanol–water partition coefficient (Wildman–Crippen LogP) is 2.77. The zero-order valence-corrected chi connectivity index (χ0v) is 17.1. The van der Waals surface area contributed by atoms with Crippen molar-refractivity contribution in [1.29, 1.82) is 5.26 Å². The fourth-order valence-corrected chi connectivity index (χ4v) is 4.81. The van der Waals surface area contributed by atoms with Crippen molar-refractivity contribution in [1.82, 2.24) is 10.2 Å². The SMILES string of the molecule is COc1ccc(CSC(C)(C)[C@H](NC(=O)O)C(=O)N2CSC[C@H]2C#N)cc1. The molecule has 2 amide bonds. The average Bonchev–Trinajstić information content (AvgIpc) is 3.13. The smallest absolute Gasteiger partial charge is 0.405 e. The van der Waals surface area contributed by atoms with Crippen molar-refractivity contribution in [3.05, 3.63) is 29.8 Å². The summed E-state index contributed by atoms with van der Waals surface area (Å²) in [5.74, 6) is 1.95. The highest BCUT2D eigenvalue weighted by molar-refractivity contribution is 8.00. The van der Waals surface area contributed by atoms with Crippen LogP contribution in [0.15, 0.2) is 24.3 Å². The lowest BCUT2D eigenvalue weighted by Crippen LogP contribution is -2.58. The van der Waals surface area contributed by atoms with Gasteiger partial charge in [-0.25, -0.2) is 4.79 Å². The van der Waals surface area contributed by atoms with E-state index < -0.39 is 22.9 Å². The molecule has 0 spiro atoms. The number of methoxy groups -OCH3 is 1. The minimum atomic E-state index is -1.26. The molecular weight excluding hydrogens is 386 g/mol. The van der Waals surface area contributed by atoms with Gasteiger partial charge in [-0.2, -0.15) is 5.26 Å². The molecule has 1 fully saturated rings. The van der Waals surface area contributed by atoms with Gasteiger partial charge in [-0.05, 0) is 31.5 Å². The molecule has 9 heteroatoms. The van der Waals surface area contributed by atoms with E-state index in [0.29, 0.717) is 17.4 Å². The normalized spacial score (nSPS) is 17.9. The Hall–Kier alpha value is -2.05. The lowest BCUT2D eigenvalue weighted by Gasteiger charge is -2.35. The van der Waals surface area contributed by atoms with Crippen LogP contribution < -0.4 is 10.1 Å². The summed E-state index contributed by atoms with van der Waals surface area (Å²) >= 11 is 2.98. The molecular formula is C18H23N3O4S2. The van der Waals surface area contributed by atoms with Crippen LogP contribution in [0.3, 0.4) is 0 Å². The molecule has 27 heavy (non-hydrogen) atoms. The van der Waals surface area contributed by atoms with E-state index in [4.69, 9.17) is 4.74 Å². The summed E-state index contributed by atoms with van der Waals surface area (Å²) in [5.41, 5.74) is 1.04. The Morgan fingerprint density at radius 1 is 1.48 bits per heavy atom. The molecule has 1 aliphatic rings.